The molecule has 1 rings (SSSR count). The molecule has 0 heterocycles. The maximum Gasteiger partial charge on any atom is 0.328 e. The van der Waals surface area contributed by atoms with Gasteiger partial charge in [-0.05, 0) is 37.0 Å². The summed E-state index contributed by atoms with van der Waals surface area (Å²) >= 11 is 11.7. The molecule has 0 atom stereocenters. The number of hydrogen-bond donors (Lipinski definition) is 1. The molecule has 0 saturated heterocycles. The molecular weight excluding hydrogens is 271 g/mol. The first-order valence-corrected chi connectivity index (χ1v) is 6.35. The second kappa shape index (κ2) is 7.96. The summed E-state index contributed by atoms with van der Waals surface area (Å²) in [4.78, 5) is 10.2. The topological polar surface area (TPSA) is 37.3 Å². The van der Waals surface area contributed by atoms with Gasteiger partial charge in [0.25, 0.3) is 0 Å². The molecule has 4 heteroatoms. The molecule has 1 N–H and O–H groups in total. The van der Waals surface area contributed by atoms with Crippen molar-refractivity contribution >= 4 is 29.2 Å². The summed E-state index contributed by atoms with van der Waals surface area (Å²) < 4.78 is 0. The molecule has 18 heavy (non-hydrogen) atoms. The highest BCUT2D eigenvalue weighted by atomic mass is 35.5. The van der Waals surface area contributed by atoms with Crippen LogP contribution in [0.1, 0.15) is 18.4 Å². The third-order valence-electron chi connectivity index (χ3n) is 2.31. The molecule has 0 aliphatic heterocycles. The summed E-state index contributed by atoms with van der Waals surface area (Å²) in [6.07, 6.45) is 9.10. The highest BCUT2D eigenvalue weighted by Gasteiger charge is 1.98. The Balaban J connectivity index is 2.29. The van der Waals surface area contributed by atoms with Gasteiger partial charge in [-0.2, -0.15) is 0 Å². The first kappa shape index (κ1) is 14.8. The van der Waals surface area contributed by atoms with Gasteiger partial charge in [0.2, 0.25) is 0 Å². The lowest BCUT2D eigenvalue weighted by atomic mass is 10.1. The zero-order valence-corrected chi connectivity index (χ0v) is 11.3. The van der Waals surface area contributed by atoms with Gasteiger partial charge in [0.05, 0.1) is 10.0 Å². The lowest BCUT2D eigenvalue weighted by Crippen LogP contribution is -1.85. The van der Waals surface area contributed by atoms with Crippen LogP contribution in [0.5, 0.6) is 0 Å². The summed E-state index contributed by atoms with van der Waals surface area (Å²) in [5.41, 5.74) is 1.15. The third-order valence-corrected chi connectivity index (χ3v) is 3.05. The van der Waals surface area contributed by atoms with Crippen LogP contribution in [0.4, 0.5) is 0 Å². The lowest BCUT2D eigenvalue weighted by molar-refractivity contribution is -0.131. The summed E-state index contributed by atoms with van der Waals surface area (Å²) in [7, 11) is 0. The molecule has 0 saturated carbocycles. The van der Waals surface area contributed by atoms with Crippen molar-refractivity contribution < 1.29 is 9.90 Å². The molecule has 0 fully saturated rings. The van der Waals surface area contributed by atoms with Crippen LogP contribution >= 0.6 is 23.2 Å². The van der Waals surface area contributed by atoms with Gasteiger partial charge < -0.3 is 5.11 Å². The van der Waals surface area contributed by atoms with Gasteiger partial charge in [0.15, 0.2) is 0 Å². The normalized spacial score (nSPS) is 11.4. The zero-order valence-electron chi connectivity index (χ0n) is 9.77. The third kappa shape index (κ3) is 5.89. The molecule has 0 unspecified atom stereocenters. The average Bonchev–Trinajstić information content (AvgIpc) is 2.32. The van der Waals surface area contributed by atoms with Crippen molar-refractivity contribution in [2.45, 2.75) is 19.3 Å². The van der Waals surface area contributed by atoms with E-state index in [4.69, 9.17) is 28.3 Å². The Bertz CT molecular complexity index is 465. The highest BCUT2D eigenvalue weighted by Crippen LogP contribution is 2.23. The molecule has 0 radical (unpaired) electrons. The van der Waals surface area contributed by atoms with Crippen molar-refractivity contribution in [3.63, 3.8) is 0 Å². The van der Waals surface area contributed by atoms with Crippen LogP contribution in [0.3, 0.4) is 0 Å². The number of aryl methyl sites for hydroxylation is 1. The van der Waals surface area contributed by atoms with Gasteiger partial charge in [0.1, 0.15) is 0 Å². The van der Waals surface area contributed by atoms with Crippen LogP contribution in [0, 0.1) is 0 Å². The van der Waals surface area contributed by atoms with E-state index in [1.54, 1.807) is 12.1 Å². The second-order valence-electron chi connectivity index (χ2n) is 3.77. The minimum atomic E-state index is -0.935. The maximum atomic E-state index is 10.2. The largest absolute Gasteiger partial charge is 0.478 e. The van der Waals surface area contributed by atoms with Crippen molar-refractivity contribution in [1.82, 2.24) is 0 Å². The number of benzene rings is 1. The van der Waals surface area contributed by atoms with E-state index in [-0.39, 0.29) is 0 Å². The van der Waals surface area contributed by atoms with E-state index in [1.807, 2.05) is 18.2 Å². The number of hydrogen-bond acceptors (Lipinski definition) is 1. The number of carboxylic acids is 1. The fourth-order valence-electron chi connectivity index (χ4n) is 1.43. The fraction of sp³-hybridized carbons (Fsp3) is 0.214. The van der Waals surface area contributed by atoms with Crippen LogP contribution in [-0.4, -0.2) is 11.1 Å². The van der Waals surface area contributed by atoms with E-state index in [0.717, 1.165) is 30.9 Å². The molecule has 0 bridgehead atoms. The Morgan fingerprint density at radius 2 is 2.00 bits per heavy atom. The Morgan fingerprint density at radius 1 is 1.22 bits per heavy atom. The minimum absolute atomic E-state index is 0.569. The molecule has 0 aromatic heterocycles. The van der Waals surface area contributed by atoms with Crippen molar-refractivity contribution in [3.8, 4) is 0 Å². The van der Waals surface area contributed by atoms with E-state index in [2.05, 4.69) is 0 Å². The molecule has 1 aromatic rings. The predicted molar refractivity (Wildman–Crippen MR) is 75.3 cm³/mol. The summed E-state index contributed by atoms with van der Waals surface area (Å²) in [6.45, 7) is 0. The number of aliphatic carboxylic acids is 1. The van der Waals surface area contributed by atoms with Gasteiger partial charge >= 0.3 is 5.97 Å². The smallest absolute Gasteiger partial charge is 0.328 e. The zero-order chi connectivity index (χ0) is 13.4. The maximum absolute atomic E-state index is 10.2. The van der Waals surface area contributed by atoms with Crippen LogP contribution in [-0.2, 0) is 11.2 Å². The number of carboxylic acid groups (broad SMARTS) is 1. The summed E-state index contributed by atoms with van der Waals surface area (Å²) in [6, 6.07) is 5.63. The Morgan fingerprint density at radius 3 is 2.67 bits per heavy atom. The van der Waals surface area contributed by atoms with Crippen LogP contribution in [0.15, 0.2) is 42.5 Å². The van der Waals surface area contributed by atoms with Gasteiger partial charge in [0, 0.05) is 6.08 Å². The van der Waals surface area contributed by atoms with Crippen LogP contribution in [0.2, 0.25) is 10.0 Å². The monoisotopic (exact) mass is 284 g/mol. The number of halogens is 2. The van der Waals surface area contributed by atoms with Crippen LogP contribution in [0.25, 0.3) is 0 Å². The number of carbonyl (C=O) groups is 1. The number of rotatable bonds is 6. The van der Waals surface area contributed by atoms with E-state index >= 15 is 0 Å². The fourth-order valence-corrected chi connectivity index (χ4v) is 1.75. The SMILES string of the molecule is O=C(O)/C=C/C=CCCCc1ccc(Cl)c(Cl)c1. The van der Waals surface area contributed by atoms with E-state index in [1.165, 1.54) is 6.08 Å². The van der Waals surface area contributed by atoms with Crippen molar-refractivity contribution in [1.29, 1.82) is 0 Å². The first-order chi connectivity index (χ1) is 8.59. The quantitative estimate of drug-likeness (QED) is 0.474. The molecule has 2 nitrogen and oxygen atoms in total. The predicted octanol–water partition coefficient (Wildman–Crippen LogP) is 4.51. The van der Waals surface area contributed by atoms with E-state index in [0.29, 0.717) is 10.0 Å². The molecular formula is C14H14Cl2O2. The summed E-state index contributed by atoms with van der Waals surface area (Å²) in [5.74, 6) is -0.935. The molecule has 0 amide bonds. The Hall–Kier alpha value is -1.25. The van der Waals surface area contributed by atoms with Gasteiger partial charge in [-0.1, -0.05) is 47.5 Å². The first-order valence-electron chi connectivity index (χ1n) is 5.59. The van der Waals surface area contributed by atoms with E-state index < -0.39 is 5.97 Å². The Labute approximate surface area is 117 Å². The van der Waals surface area contributed by atoms with Crippen molar-refractivity contribution in [2.24, 2.45) is 0 Å². The van der Waals surface area contributed by atoms with Crippen molar-refractivity contribution in [3.05, 3.63) is 58.1 Å². The molecule has 0 spiro atoms. The Kier molecular flexibility index (Phi) is 6.55. The molecule has 0 aliphatic rings. The van der Waals surface area contributed by atoms with E-state index in [9.17, 15) is 4.79 Å². The van der Waals surface area contributed by atoms with Gasteiger partial charge in [-0.3, -0.25) is 0 Å². The molecule has 0 aliphatic carbocycles. The van der Waals surface area contributed by atoms with Gasteiger partial charge in [-0.25, -0.2) is 4.79 Å². The van der Waals surface area contributed by atoms with Crippen LogP contribution < -0.4 is 0 Å². The minimum Gasteiger partial charge on any atom is -0.478 e. The lowest BCUT2D eigenvalue weighted by Gasteiger charge is -2.01. The number of allylic oxidation sites excluding steroid dienone is 3. The average molecular weight is 285 g/mol. The second-order valence-corrected chi connectivity index (χ2v) is 4.58. The molecule has 96 valence electrons. The number of unbranched alkanes of at least 4 members (excludes halogenated alkanes) is 1. The van der Waals surface area contributed by atoms with Crippen molar-refractivity contribution in [2.75, 3.05) is 0 Å². The molecule has 1 aromatic carbocycles. The highest BCUT2D eigenvalue weighted by molar-refractivity contribution is 6.42. The summed E-state index contributed by atoms with van der Waals surface area (Å²) in [5, 5.41) is 9.52. The standard InChI is InChI=1S/C14H14Cl2O2/c15-12-9-8-11(10-13(12)16)6-4-2-1-3-5-7-14(17)18/h1,3,5,7-10H,2,4,6H2,(H,17,18)/b3-1?,7-5+. The van der Waals surface area contributed by atoms with Gasteiger partial charge in [-0.15, -0.1) is 0 Å².